The van der Waals surface area contributed by atoms with Gasteiger partial charge in [0.2, 0.25) is 0 Å². The number of nitro groups is 1. The van der Waals surface area contributed by atoms with E-state index in [1.165, 1.54) is 12.3 Å². The number of carbonyl (C=O) groups excluding carboxylic acids is 1. The van der Waals surface area contributed by atoms with Gasteiger partial charge in [0, 0.05) is 17.2 Å². The second kappa shape index (κ2) is 7.12. The first-order valence-electron chi connectivity index (χ1n) is 7.58. The fourth-order valence-corrected chi connectivity index (χ4v) is 2.11. The predicted molar refractivity (Wildman–Crippen MR) is 92.7 cm³/mol. The summed E-state index contributed by atoms with van der Waals surface area (Å²) < 4.78 is 0. The van der Waals surface area contributed by atoms with Crippen LogP contribution in [0.25, 0.3) is 0 Å². The Morgan fingerprint density at radius 2 is 1.80 bits per heavy atom. The number of nitrogens with one attached hydrogen (secondary N) is 1. The first kappa shape index (κ1) is 18.1. The van der Waals surface area contributed by atoms with E-state index in [0.717, 1.165) is 17.7 Å². The molecule has 0 aromatic heterocycles. The van der Waals surface area contributed by atoms with Crippen LogP contribution in [0.4, 0.5) is 5.69 Å². The molecule has 0 heterocycles. The topological polar surface area (TPSA) is 108 Å². The van der Waals surface area contributed by atoms with Gasteiger partial charge in [0.05, 0.1) is 11.1 Å². The molecule has 0 saturated heterocycles. The van der Waals surface area contributed by atoms with Crippen molar-refractivity contribution in [3.8, 4) is 5.75 Å². The number of hydrogen-bond acceptors (Lipinski definition) is 5. The van der Waals surface area contributed by atoms with E-state index in [1.54, 1.807) is 12.1 Å². The second-order valence-corrected chi connectivity index (χ2v) is 6.51. The first-order valence-corrected chi connectivity index (χ1v) is 7.58. The molecule has 0 saturated carbocycles. The predicted octanol–water partition coefficient (Wildman–Crippen LogP) is 2.73. The molecule has 0 atom stereocenters. The quantitative estimate of drug-likeness (QED) is 0.524. The van der Waals surface area contributed by atoms with E-state index in [-0.39, 0.29) is 5.41 Å². The molecule has 0 spiro atoms. The molecule has 7 nitrogen and oxygen atoms in total. The van der Waals surface area contributed by atoms with E-state index in [2.05, 4.69) is 31.3 Å². The van der Waals surface area contributed by atoms with Crippen LogP contribution in [0.2, 0.25) is 0 Å². The molecule has 0 aliphatic rings. The molecule has 7 heteroatoms. The van der Waals surface area contributed by atoms with Crippen LogP contribution < -0.4 is 10.5 Å². The number of carbonyl (C=O) groups is 1. The Hall–Kier alpha value is -3.22. The molecule has 0 unspecified atom stereocenters. The normalized spacial score (nSPS) is 11.5. The Balaban J connectivity index is 2.06. The lowest BCUT2D eigenvalue weighted by molar-refractivity contribution is -0.398. The van der Waals surface area contributed by atoms with Gasteiger partial charge in [0.25, 0.3) is 11.6 Å². The minimum absolute atomic E-state index is 0.00436. The van der Waals surface area contributed by atoms with E-state index in [9.17, 15) is 20.0 Å². The molecule has 2 rings (SSSR count). The lowest BCUT2D eigenvalue weighted by atomic mass is 9.87. The number of hydrazone groups is 1. The average Bonchev–Trinajstić information content (AvgIpc) is 2.55. The molecule has 2 aromatic carbocycles. The highest BCUT2D eigenvalue weighted by Gasteiger charge is 2.14. The highest BCUT2D eigenvalue weighted by Crippen LogP contribution is 2.23. The van der Waals surface area contributed by atoms with Crippen molar-refractivity contribution in [1.82, 2.24) is 5.43 Å². The molecule has 0 aliphatic carbocycles. The van der Waals surface area contributed by atoms with Crippen molar-refractivity contribution in [3.05, 3.63) is 69.3 Å². The standard InChI is InChI=1S/C18H19N3O4/c1-18(2,3)14-7-5-13(6-8-14)17(23)20-19-11-12-4-9-16(22)15(10-12)21(24)25/h4-11,22H,1-3H3,(H,20,23)/p-1/b19-11-. The van der Waals surface area contributed by atoms with Gasteiger partial charge in [-0.1, -0.05) is 45.0 Å². The summed E-state index contributed by atoms with van der Waals surface area (Å²) in [4.78, 5) is 22.0. The monoisotopic (exact) mass is 340 g/mol. The van der Waals surface area contributed by atoms with Crippen LogP contribution in [0.3, 0.4) is 0 Å². The summed E-state index contributed by atoms with van der Waals surface area (Å²) in [5.74, 6) is -1.07. The molecule has 0 aliphatic heterocycles. The minimum Gasteiger partial charge on any atom is -0.868 e. The maximum atomic E-state index is 12.0. The number of benzene rings is 2. The number of nitrogens with zero attached hydrogens (tertiary/aromatic N) is 2. The van der Waals surface area contributed by atoms with Gasteiger partial charge < -0.3 is 5.11 Å². The molecule has 0 fully saturated rings. The largest absolute Gasteiger partial charge is 0.868 e. The van der Waals surface area contributed by atoms with Crippen molar-refractivity contribution < 1.29 is 14.8 Å². The molecule has 1 N–H and O–H groups in total. The van der Waals surface area contributed by atoms with Crippen molar-refractivity contribution in [2.24, 2.45) is 5.10 Å². The van der Waals surface area contributed by atoms with Crippen LogP contribution in [0.1, 0.15) is 42.3 Å². The van der Waals surface area contributed by atoms with Crippen LogP contribution in [0.5, 0.6) is 5.75 Å². The zero-order chi connectivity index (χ0) is 18.6. The summed E-state index contributed by atoms with van der Waals surface area (Å²) >= 11 is 0. The van der Waals surface area contributed by atoms with Crippen molar-refractivity contribution in [2.45, 2.75) is 26.2 Å². The third kappa shape index (κ3) is 4.63. The van der Waals surface area contributed by atoms with Crippen molar-refractivity contribution >= 4 is 17.8 Å². The third-order valence-electron chi connectivity index (χ3n) is 3.57. The maximum Gasteiger partial charge on any atom is 0.271 e. The van der Waals surface area contributed by atoms with Crippen LogP contribution in [0, 0.1) is 10.1 Å². The molecule has 1 amide bonds. The van der Waals surface area contributed by atoms with Gasteiger partial charge in [0.1, 0.15) is 0 Å². The molecular weight excluding hydrogens is 322 g/mol. The van der Waals surface area contributed by atoms with Crippen molar-refractivity contribution in [1.29, 1.82) is 0 Å². The number of amides is 1. The molecule has 25 heavy (non-hydrogen) atoms. The number of hydrogen-bond donors (Lipinski definition) is 1. The Morgan fingerprint density at radius 1 is 1.16 bits per heavy atom. The number of rotatable bonds is 4. The van der Waals surface area contributed by atoms with E-state index in [4.69, 9.17) is 0 Å². The van der Waals surface area contributed by atoms with Crippen molar-refractivity contribution in [2.75, 3.05) is 0 Å². The highest BCUT2D eigenvalue weighted by molar-refractivity contribution is 5.95. The Morgan fingerprint density at radius 3 is 2.36 bits per heavy atom. The second-order valence-electron chi connectivity index (χ2n) is 6.51. The van der Waals surface area contributed by atoms with Gasteiger partial charge in [-0.2, -0.15) is 5.10 Å². The van der Waals surface area contributed by atoms with Crippen LogP contribution in [-0.2, 0) is 5.41 Å². The smallest absolute Gasteiger partial charge is 0.271 e. The molecule has 2 aromatic rings. The highest BCUT2D eigenvalue weighted by atomic mass is 16.6. The van der Waals surface area contributed by atoms with Gasteiger partial charge in [-0.05, 0) is 28.9 Å². The van der Waals surface area contributed by atoms with Crippen LogP contribution in [-0.4, -0.2) is 17.0 Å². The Labute approximate surface area is 145 Å². The zero-order valence-electron chi connectivity index (χ0n) is 14.1. The summed E-state index contributed by atoms with van der Waals surface area (Å²) in [6.45, 7) is 6.25. The van der Waals surface area contributed by atoms with Crippen LogP contribution >= 0.6 is 0 Å². The fraction of sp³-hybridized carbons (Fsp3) is 0.222. The summed E-state index contributed by atoms with van der Waals surface area (Å²) in [6, 6.07) is 10.8. The summed E-state index contributed by atoms with van der Waals surface area (Å²) in [6.07, 6.45) is 1.24. The third-order valence-corrected chi connectivity index (χ3v) is 3.57. The summed E-state index contributed by atoms with van der Waals surface area (Å²) in [5, 5.41) is 25.8. The average molecular weight is 340 g/mol. The Kier molecular flexibility index (Phi) is 5.17. The molecular formula is C18H18N3O4-. The summed E-state index contributed by atoms with van der Waals surface area (Å²) in [5.41, 5.74) is 3.71. The molecule has 130 valence electrons. The van der Waals surface area contributed by atoms with E-state index >= 15 is 0 Å². The van der Waals surface area contributed by atoms with Gasteiger partial charge in [0.15, 0.2) is 0 Å². The molecule has 0 radical (unpaired) electrons. The summed E-state index contributed by atoms with van der Waals surface area (Å²) in [7, 11) is 0. The lowest BCUT2D eigenvalue weighted by Gasteiger charge is -2.18. The van der Waals surface area contributed by atoms with Gasteiger partial charge in [-0.25, -0.2) is 5.43 Å². The Bertz CT molecular complexity index is 821. The first-order chi connectivity index (χ1) is 11.7. The van der Waals surface area contributed by atoms with Gasteiger partial charge >= 0.3 is 0 Å². The fourth-order valence-electron chi connectivity index (χ4n) is 2.11. The number of nitro benzene ring substituents is 1. The lowest BCUT2D eigenvalue weighted by Crippen LogP contribution is -2.18. The SMILES string of the molecule is CC(C)(C)c1ccc(C(=O)N/N=C\c2ccc([O-])c([N+](=O)[O-])c2)cc1. The van der Waals surface area contributed by atoms with Gasteiger partial charge in [-0.15, -0.1) is 0 Å². The van der Waals surface area contributed by atoms with Crippen molar-refractivity contribution in [3.63, 3.8) is 0 Å². The van der Waals surface area contributed by atoms with Gasteiger partial charge in [-0.3, -0.25) is 14.9 Å². The van der Waals surface area contributed by atoms with E-state index in [0.29, 0.717) is 11.1 Å². The minimum atomic E-state index is -0.755. The van der Waals surface area contributed by atoms with E-state index in [1.807, 2.05) is 12.1 Å². The van der Waals surface area contributed by atoms with Crippen LogP contribution in [0.15, 0.2) is 47.6 Å². The zero-order valence-corrected chi connectivity index (χ0v) is 14.1. The van der Waals surface area contributed by atoms with E-state index < -0.39 is 22.3 Å². The molecule has 0 bridgehead atoms. The maximum absolute atomic E-state index is 12.0.